The average molecular weight is 286 g/mol. The van der Waals surface area contributed by atoms with E-state index in [1.54, 1.807) is 13.8 Å². The number of urea groups is 1. The number of nitrogens with zero attached hydrogens (tertiary/aromatic N) is 1. The SMILES string of the molecule is C=C(C)CN1C(=O)NC(C)(c2ccc(CCC)cc2)C1=O. The van der Waals surface area contributed by atoms with E-state index in [9.17, 15) is 9.59 Å². The monoisotopic (exact) mass is 286 g/mol. The van der Waals surface area contributed by atoms with Gasteiger partial charge in [0, 0.05) is 0 Å². The molecule has 1 saturated heterocycles. The first-order valence-electron chi connectivity index (χ1n) is 7.26. The number of aryl methyl sites for hydroxylation is 1. The van der Waals surface area contributed by atoms with Crippen molar-refractivity contribution in [1.29, 1.82) is 0 Å². The number of imide groups is 1. The molecule has 2 rings (SSSR count). The van der Waals surface area contributed by atoms with Gasteiger partial charge in [0.15, 0.2) is 0 Å². The van der Waals surface area contributed by atoms with Gasteiger partial charge in [0.1, 0.15) is 5.54 Å². The van der Waals surface area contributed by atoms with Gasteiger partial charge >= 0.3 is 6.03 Å². The van der Waals surface area contributed by atoms with E-state index < -0.39 is 5.54 Å². The van der Waals surface area contributed by atoms with Crippen molar-refractivity contribution in [2.24, 2.45) is 0 Å². The van der Waals surface area contributed by atoms with Crippen LogP contribution in [0.15, 0.2) is 36.4 Å². The van der Waals surface area contributed by atoms with E-state index in [0.717, 1.165) is 24.0 Å². The van der Waals surface area contributed by atoms with E-state index in [1.165, 1.54) is 10.5 Å². The highest BCUT2D eigenvalue weighted by Crippen LogP contribution is 2.29. The van der Waals surface area contributed by atoms with E-state index in [2.05, 4.69) is 18.8 Å². The van der Waals surface area contributed by atoms with Crippen molar-refractivity contribution in [3.63, 3.8) is 0 Å². The lowest BCUT2D eigenvalue weighted by molar-refractivity contribution is -0.130. The fraction of sp³-hybridized carbons (Fsp3) is 0.412. The van der Waals surface area contributed by atoms with Crippen LogP contribution in [0.4, 0.5) is 4.79 Å². The Morgan fingerprint density at radius 3 is 2.43 bits per heavy atom. The van der Waals surface area contributed by atoms with Crippen LogP contribution in [0.2, 0.25) is 0 Å². The maximum absolute atomic E-state index is 12.6. The van der Waals surface area contributed by atoms with E-state index in [1.807, 2.05) is 24.3 Å². The number of carbonyl (C=O) groups is 2. The zero-order valence-corrected chi connectivity index (χ0v) is 12.9. The van der Waals surface area contributed by atoms with E-state index >= 15 is 0 Å². The summed E-state index contributed by atoms with van der Waals surface area (Å²) >= 11 is 0. The van der Waals surface area contributed by atoms with Crippen LogP contribution in [0, 0.1) is 0 Å². The molecule has 4 nitrogen and oxygen atoms in total. The first-order chi connectivity index (χ1) is 9.88. The van der Waals surface area contributed by atoms with Gasteiger partial charge in [-0.1, -0.05) is 49.8 Å². The molecule has 0 aromatic heterocycles. The van der Waals surface area contributed by atoms with Crippen LogP contribution in [0.3, 0.4) is 0 Å². The quantitative estimate of drug-likeness (QED) is 0.668. The Balaban J connectivity index is 2.27. The first kappa shape index (κ1) is 15.3. The Labute approximate surface area is 125 Å². The molecule has 1 fully saturated rings. The standard InChI is InChI=1S/C17H22N2O2/c1-5-6-13-7-9-14(10-8-13)17(4)15(20)19(11-12(2)3)16(21)18-17/h7-10H,2,5-6,11H2,1,3-4H3,(H,18,21). The molecule has 1 aliphatic rings. The number of amides is 3. The van der Waals surface area contributed by atoms with Gasteiger partial charge in [0.05, 0.1) is 6.54 Å². The maximum atomic E-state index is 12.6. The minimum absolute atomic E-state index is 0.223. The minimum atomic E-state index is -0.989. The molecular formula is C17H22N2O2. The zero-order valence-electron chi connectivity index (χ0n) is 12.9. The molecule has 21 heavy (non-hydrogen) atoms. The number of nitrogens with one attached hydrogen (secondary N) is 1. The molecule has 112 valence electrons. The van der Waals surface area contributed by atoms with E-state index in [0.29, 0.717) is 0 Å². The van der Waals surface area contributed by atoms with Crippen LogP contribution >= 0.6 is 0 Å². The summed E-state index contributed by atoms with van der Waals surface area (Å²) in [6.45, 7) is 9.71. The molecule has 1 aromatic carbocycles. The van der Waals surface area contributed by atoms with Crippen molar-refractivity contribution in [3.05, 3.63) is 47.5 Å². The minimum Gasteiger partial charge on any atom is -0.319 e. The molecule has 0 spiro atoms. The topological polar surface area (TPSA) is 49.4 Å². The summed E-state index contributed by atoms with van der Waals surface area (Å²) in [5.41, 5.74) is 1.84. The zero-order chi connectivity index (χ0) is 15.6. The predicted octanol–water partition coefficient (Wildman–Crippen LogP) is 2.98. The number of benzene rings is 1. The highest BCUT2D eigenvalue weighted by molar-refractivity contribution is 6.07. The Morgan fingerprint density at radius 1 is 1.29 bits per heavy atom. The van der Waals surface area contributed by atoms with Crippen molar-refractivity contribution >= 4 is 11.9 Å². The predicted molar refractivity (Wildman–Crippen MR) is 82.8 cm³/mol. The van der Waals surface area contributed by atoms with Crippen LogP contribution in [0.25, 0.3) is 0 Å². The summed E-state index contributed by atoms with van der Waals surface area (Å²) in [5.74, 6) is -0.223. The second kappa shape index (κ2) is 5.72. The van der Waals surface area contributed by atoms with E-state index in [4.69, 9.17) is 0 Å². The summed E-state index contributed by atoms with van der Waals surface area (Å²) in [4.78, 5) is 25.8. The maximum Gasteiger partial charge on any atom is 0.325 e. The number of carbonyl (C=O) groups excluding carboxylic acids is 2. The number of hydrogen-bond acceptors (Lipinski definition) is 2. The third-order valence-corrected chi connectivity index (χ3v) is 3.77. The fourth-order valence-electron chi connectivity index (χ4n) is 2.60. The highest BCUT2D eigenvalue weighted by atomic mass is 16.2. The largest absolute Gasteiger partial charge is 0.325 e. The summed E-state index contributed by atoms with van der Waals surface area (Å²) in [6.07, 6.45) is 2.09. The van der Waals surface area contributed by atoms with Gasteiger partial charge in [-0.2, -0.15) is 0 Å². The third kappa shape index (κ3) is 2.84. The molecule has 1 unspecified atom stereocenters. The van der Waals surface area contributed by atoms with Gasteiger partial charge < -0.3 is 5.32 Å². The summed E-state index contributed by atoms with van der Waals surface area (Å²) in [5, 5.41) is 2.80. The lowest BCUT2D eigenvalue weighted by atomic mass is 9.91. The van der Waals surface area contributed by atoms with Crippen LogP contribution in [0.5, 0.6) is 0 Å². The van der Waals surface area contributed by atoms with Crippen LogP contribution in [0.1, 0.15) is 38.3 Å². The third-order valence-electron chi connectivity index (χ3n) is 3.77. The molecule has 4 heteroatoms. The van der Waals surface area contributed by atoms with Gasteiger partial charge in [-0.15, -0.1) is 0 Å². The smallest absolute Gasteiger partial charge is 0.319 e. The average Bonchev–Trinajstić information content (AvgIpc) is 2.64. The number of rotatable bonds is 5. The Hall–Kier alpha value is -2.10. The molecule has 3 amide bonds. The Morgan fingerprint density at radius 2 is 1.90 bits per heavy atom. The normalized spacial score (nSPS) is 21.6. The summed E-state index contributed by atoms with van der Waals surface area (Å²) < 4.78 is 0. The number of hydrogen-bond donors (Lipinski definition) is 1. The van der Waals surface area contributed by atoms with Gasteiger partial charge in [-0.25, -0.2) is 4.79 Å². The van der Waals surface area contributed by atoms with Crippen molar-refractivity contribution in [2.45, 2.75) is 39.2 Å². The Bertz CT molecular complexity index is 577. The van der Waals surface area contributed by atoms with Crippen LogP contribution in [-0.4, -0.2) is 23.4 Å². The van der Waals surface area contributed by atoms with Crippen LogP contribution < -0.4 is 5.32 Å². The second-order valence-electron chi connectivity index (χ2n) is 5.85. The van der Waals surface area contributed by atoms with Gasteiger partial charge in [-0.05, 0) is 31.4 Å². The van der Waals surface area contributed by atoms with Crippen molar-refractivity contribution < 1.29 is 9.59 Å². The molecule has 0 bridgehead atoms. The molecule has 0 saturated carbocycles. The molecule has 0 aliphatic carbocycles. The summed E-state index contributed by atoms with van der Waals surface area (Å²) in [6, 6.07) is 7.53. The molecule has 1 N–H and O–H groups in total. The lowest BCUT2D eigenvalue weighted by Crippen LogP contribution is -2.41. The fourth-order valence-corrected chi connectivity index (χ4v) is 2.60. The summed E-state index contributed by atoms with van der Waals surface area (Å²) in [7, 11) is 0. The molecule has 1 aliphatic heterocycles. The molecule has 1 aromatic rings. The van der Waals surface area contributed by atoms with Crippen LogP contribution in [-0.2, 0) is 16.8 Å². The van der Waals surface area contributed by atoms with Gasteiger partial charge in [0.25, 0.3) is 5.91 Å². The Kier molecular flexibility index (Phi) is 4.16. The lowest BCUT2D eigenvalue weighted by Gasteiger charge is -2.22. The molecule has 0 radical (unpaired) electrons. The van der Waals surface area contributed by atoms with Crippen molar-refractivity contribution in [3.8, 4) is 0 Å². The second-order valence-corrected chi connectivity index (χ2v) is 5.85. The molecule has 1 heterocycles. The molecular weight excluding hydrogens is 264 g/mol. The molecule has 1 atom stereocenters. The first-order valence-corrected chi connectivity index (χ1v) is 7.26. The van der Waals surface area contributed by atoms with E-state index in [-0.39, 0.29) is 18.5 Å². The van der Waals surface area contributed by atoms with Gasteiger partial charge in [-0.3, -0.25) is 9.69 Å². The van der Waals surface area contributed by atoms with Crippen molar-refractivity contribution in [2.75, 3.05) is 6.54 Å². The van der Waals surface area contributed by atoms with Crippen molar-refractivity contribution in [1.82, 2.24) is 10.2 Å². The highest BCUT2D eigenvalue weighted by Gasteiger charge is 2.48. The van der Waals surface area contributed by atoms with Gasteiger partial charge in [0.2, 0.25) is 0 Å².